The van der Waals surface area contributed by atoms with Crippen LogP contribution in [0.1, 0.15) is 18.4 Å². The van der Waals surface area contributed by atoms with Crippen LogP contribution in [-0.2, 0) is 16.1 Å². The first kappa shape index (κ1) is 32.9. The molecule has 5 rings (SSSR count). The lowest BCUT2D eigenvalue weighted by Gasteiger charge is -2.37. The fourth-order valence-electron chi connectivity index (χ4n) is 5.19. The number of esters is 1. The molecule has 0 bridgehead atoms. The van der Waals surface area contributed by atoms with Crippen molar-refractivity contribution in [3.05, 3.63) is 84.4 Å². The molecular formula is C31H38Cl2N2O5S. The number of thioether (sulfide) groups is 1. The minimum atomic E-state index is -1.16. The average molecular weight is 622 g/mol. The number of rotatable bonds is 9. The number of nitrogens with zero attached hydrogens (tertiary/aromatic N) is 2. The van der Waals surface area contributed by atoms with Crippen molar-refractivity contribution in [3.8, 4) is 11.5 Å². The molecular weight excluding hydrogens is 583 g/mol. The first-order valence-corrected chi connectivity index (χ1v) is 14.3. The van der Waals surface area contributed by atoms with Gasteiger partial charge in [-0.15, -0.1) is 36.6 Å². The summed E-state index contributed by atoms with van der Waals surface area (Å²) in [6.45, 7) is 5.17. The van der Waals surface area contributed by atoms with Crippen LogP contribution in [0.2, 0.25) is 0 Å². The number of hydrogen-bond acceptors (Lipinski definition) is 8. The third kappa shape index (κ3) is 8.02. The van der Waals surface area contributed by atoms with E-state index in [0.717, 1.165) is 49.6 Å². The zero-order valence-electron chi connectivity index (χ0n) is 23.1. The predicted molar refractivity (Wildman–Crippen MR) is 168 cm³/mol. The molecule has 7 nitrogen and oxygen atoms in total. The third-order valence-corrected chi connectivity index (χ3v) is 8.98. The topological polar surface area (TPSA) is 71.5 Å². The molecule has 0 aromatic heterocycles. The van der Waals surface area contributed by atoms with Crippen molar-refractivity contribution in [2.45, 2.75) is 35.2 Å². The Morgan fingerprint density at radius 2 is 1.68 bits per heavy atom. The Morgan fingerprint density at radius 3 is 2.37 bits per heavy atom. The van der Waals surface area contributed by atoms with E-state index in [2.05, 4.69) is 34.1 Å². The zero-order valence-corrected chi connectivity index (χ0v) is 25.6. The van der Waals surface area contributed by atoms with Gasteiger partial charge >= 0.3 is 5.97 Å². The molecule has 0 spiro atoms. The summed E-state index contributed by atoms with van der Waals surface area (Å²) in [5.41, 5.74) is 2.32. The number of hydrogen-bond donors (Lipinski definition) is 1. The van der Waals surface area contributed by atoms with Crippen LogP contribution in [-0.4, -0.2) is 73.3 Å². The molecule has 10 heteroatoms. The normalized spacial score (nSPS) is 20.3. The van der Waals surface area contributed by atoms with Crippen molar-refractivity contribution < 1.29 is 24.1 Å². The number of methoxy groups -OCH3 is 1. The van der Waals surface area contributed by atoms with Gasteiger partial charge in [-0.25, -0.2) is 0 Å². The highest BCUT2D eigenvalue weighted by Gasteiger charge is 2.49. The second kappa shape index (κ2) is 15.6. The maximum Gasteiger partial charge on any atom is 0.325 e. The van der Waals surface area contributed by atoms with E-state index in [-0.39, 0.29) is 31.4 Å². The van der Waals surface area contributed by atoms with Crippen molar-refractivity contribution in [3.63, 3.8) is 0 Å². The second-order valence-electron chi connectivity index (χ2n) is 9.96. The molecule has 1 fully saturated rings. The number of aliphatic hydroxyl groups is 1. The van der Waals surface area contributed by atoms with Crippen LogP contribution in [0.4, 0.5) is 5.69 Å². The minimum Gasteiger partial charge on any atom is -0.490 e. The molecule has 2 atom stereocenters. The molecule has 3 aromatic rings. The number of halogens is 2. The van der Waals surface area contributed by atoms with Crippen LogP contribution in [0.3, 0.4) is 0 Å². The molecule has 222 valence electrons. The van der Waals surface area contributed by atoms with Crippen LogP contribution in [0.5, 0.6) is 11.5 Å². The number of aliphatic hydroxyl groups excluding tert-OH is 1. The number of piperazine rings is 1. The Kier molecular flexibility index (Phi) is 12.5. The maximum absolute atomic E-state index is 13.2. The Bertz CT molecular complexity index is 1230. The van der Waals surface area contributed by atoms with Crippen molar-refractivity contribution in [2.75, 3.05) is 51.3 Å². The van der Waals surface area contributed by atoms with Gasteiger partial charge in [-0.1, -0.05) is 48.5 Å². The highest BCUT2D eigenvalue weighted by molar-refractivity contribution is 8.01. The van der Waals surface area contributed by atoms with E-state index in [1.165, 1.54) is 24.6 Å². The van der Waals surface area contributed by atoms with E-state index in [9.17, 15) is 9.90 Å². The first-order chi connectivity index (χ1) is 19.1. The van der Waals surface area contributed by atoms with E-state index < -0.39 is 16.8 Å². The van der Waals surface area contributed by atoms with Gasteiger partial charge < -0.3 is 24.2 Å². The monoisotopic (exact) mass is 620 g/mol. The summed E-state index contributed by atoms with van der Waals surface area (Å²) in [6, 6.07) is 26.0. The van der Waals surface area contributed by atoms with Gasteiger partial charge in [0, 0.05) is 31.9 Å². The average Bonchev–Trinajstić information content (AvgIpc) is 3.13. The summed E-state index contributed by atoms with van der Waals surface area (Å²) >= 11 is 1.33. The van der Waals surface area contributed by atoms with Crippen molar-refractivity contribution in [1.29, 1.82) is 0 Å². The van der Waals surface area contributed by atoms with Gasteiger partial charge in [-0.3, -0.25) is 9.69 Å². The molecule has 2 aliphatic rings. The van der Waals surface area contributed by atoms with Crippen LogP contribution >= 0.6 is 36.6 Å². The number of para-hydroxylation sites is 1. The molecule has 41 heavy (non-hydrogen) atoms. The molecule has 3 aromatic carbocycles. The van der Waals surface area contributed by atoms with Gasteiger partial charge in [0.2, 0.25) is 0 Å². The number of fused-ring (bicyclic) bond motifs is 1. The van der Waals surface area contributed by atoms with Gasteiger partial charge in [-0.2, -0.15) is 0 Å². The minimum absolute atomic E-state index is 0. The van der Waals surface area contributed by atoms with Crippen molar-refractivity contribution in [2.24, 2.45) is 0 Å². The lowest BCUT2D eigenvalue weighted by Crippen LogP contribution is -2.50. The van der Waals surface area contributed by atoms with Gasteiger partial charge in [0.05, 0.1) is 12.0 Å². The second-order valence-corrected chi connectivity index (χ2v) is 11.3. The van der Waals surface area contributed by atoms with Crippen molar-refractivity contribution in [1.82, 2.24) is 4.90 Å². The smallest absolute Gasteiger partial charge is 0.325 e. The summed E-state index contributed by atoms with van der Waals surface area (Å²) in [7, 11) is 1.38. The summed E-state index contributed by atoms with van der Waals surface area (Å²) in [4.78, 5) is 18.8. The quantitative estimate of drug-likeness (QED) is 0.316. The summed E-state index contributed by atoms with van der Waals surface area (Å²) in [5.74, 6) is 0.884. The Balaban J connectivity index is 0.00000231. The Morgan fingerprint density at radius 1 is 1.00 bits per heavy atom. The van der Waals surface area contributed by atoms with Gasteiger partial charge in [0.25, 0.3) is 0 Å². The highest BCUT2D eigenvalue weighted by atomic mass is 35.5. The Labute approximate surface area is 259 Å². The van der Waals surface area contributed by atoms with E-state index in [4.69, 9.17) is 14.2 Å². The Hall–Kier alpha value is -2.62. The zero-order chi connectivity index (χ0) is 27.1. The predicted octanol–water partition coefficient (Wildman–Crippen LogP) is 5.47. The number of carbonyl (C=O) groups is 1. The molecule has 1 saturated heterocycles. The molecule has 2 aliphatic heterocycles. The summed E-state index contributed by atoms with van der Waals surface area (Å²) < 4.78 is 16.0. The maximum atomic E-state index is 13.2. The van der Waals surface area contributed by atoms with Gasteiger partial charge in [-0.05, 0) is 55.3 Å². The molecule has 0 unspecified atom stereocenters. The van der Waals surface area contributed by atoms with E-state index in [1.807, 2.05) is 54.6 Å². The fourth-order valence-corrected chi connectivity index (χ4v) is 6.60. The largest absolute Gasteiger partial charge is 0.490 e. The standard InChI is InChI=1S/C31H36N2O5S.2ClH/c1-36-30(35)31(15-8-16-32-17-19-33(20-18-32)25-11-6-3-7-12-25)29(34)23-38-27-14-13-26(21-28(27)39-31)37-22-24-9-4-2-5-10-24;;/h2-7,9-14,21,29,34H,8,15-20,22-23H2,1H3;2*1H/t29-,31+;;/m0../s1. The van der Waals surface area contributed by atoms with Crippen LogP contribution < -0.4 is 14.4 Å². The number of carbonyl (C=O) groups excluding carboxylic acids is 1. The molecule has 0 amide bonds. The number of ether oxygens (including phenoxy) is 3. The molecule has 0 aliphatic carbocycles. The van der Waals surface area contributed by atoms with E-state index >= 15 is 0 Å². The first-order valence-electron chi connectivity index (χ1n) is 13.5. The molecule has 0 radical (unpaired) electrons. The molecule has 0 saturated carbocycles. The summed E-state index contributed by atoms with van der Waals surface area (Å²) in [5, 5.41) is 11.2. The number of benzene rings is 3. The number of anilines is 1. The van der Waals surface area contributed by atoms with Crippen LogP contribution in [0.15, 0.2) is 83.8 Å². The van der Waals surface area contributed by atoms with E-state index in [1.54, 1.807) is 0 Å². The SMILES string of the molecule is COC(=O)[C@]1(CCCN2CCN(c3ccccc3)CC2)Sc2cc(OCc3ccccc3)ccc2OC[C@@H]1O.Cl.Cl. The van der Waals surface area contributed by atoms with E-state index in [0.29, 0.717) is 24.5 Å². The third-order valence-electron chi connectivity index (χ3n) is 7.44. The van der Waals surface area contributed by atoms with Crippen molar-refractivity contribution >= 4 is 48.2 Å². The fraction of sp³-hybridized carbons (Fsp3) is 0.387. The van der Waals surface area contributed by atoms with Gasteiger partial charge in [0.1, 0.15) is 35.6 Å². The molecule has 1 N–H and O–H groups in total. The van der Waals surface area contributed by atoms with Crippen LogP contribution in [0.25, 0.3) is 0 Å². The van der Waals surface area contributed by atoms with Gasteiger partial charge in [0.15, 0.2) is 0 Å². The van der Waals surface area contributed by atoms with Crippen LogP contribution in [0, 0.1) is 0 Å². The lowest BCUT2D eigenvalue weighted by atomic mass is 9.95. The lowest BCUT2D eigenvalue weighted by molar-refractivity contribution is -0.147. The summed E-state index contributed by atoms with van der Waals surface area (Å²) in [6.07, 6.45) is 0.220. The molecule has 2 heterocycles. The highest BCUT2D eigenvalue weighted by Crippen LogP contribution is 2.47.